The molecular weight excluding hydrogens is 788 g/mol. The zero-order valence-corrected chi connectivity index (χ0v) is 32.7. The maximum atomic E-state index is 14.6. The number of imide groups is 1. The minimum Gasteiger partial charge on any atom is -0.507 e. The molecule has 3 aliphatic rings. The van der Waals surface area contributed by atoms with Crippen LogP contribution in [0.2, 0.25) is 0 Å². The number of methoxy groups -OCH3 is 1. The van der Waals surface area contributed by atoms with Gasteiger partial charge in [0, 0.05) is 72.8 Å². The molecule has 20 heteroatoms. The van der Waals surface area contributed by atoms with Crippen LogP contribution in [0.3, 0.4) is 0 Å². The molecule has 1 saturated heterocycles. The Hall–Kier alpha value is -6.00. The highest BCUT2D eigenvalue weighted by atomic mass is 16.7. The van der Waals surface area contributed by atoms with E-state index in [0.29, 0.717) is 11.1 Å². The number of nitrogens with zero attached hydrogens (tertiary/aromatic N) is 3. The molecule has 320 valence electrons. The number of aliphatic hydroxyl groups is 6. The van der Waals surface area contributed by atoms with Crippen LogP contribution in [0, 0.1) is 6.92 Å². The van der Waals surface area contributed by atoms with Gasteiger partial charge < -0.3 is 66.7 Å². The number of aromatic nitrogens is 1. The molecule has 60 heavy (non-hydrogen) atoms. The number of guanidine groups is 1. The summed E-state index contributed by atoms with van der Waals surface area (Å²) in [6, 6.07) is 4.57. The number of pyridine rings is 1. The highest BCUT2D eigenvalue weighted by molar-refractivity contribution is 6.31. The van der Waals surface area contributed by atoms with E-state index in [1.54, 1.807) is 6.92 Å². The lowest BCUT2D eigenvalue weighted by Crippen LogP contribution is -2.68. The Morgan fingerprint density at radius 1 is 1.05 bits per heavy atom. The SMILES string of the molecule is CN=C(N)N[C@@H](CCO)c1c(C)cc2c(c1O)C(=O)c1c(O[C@@H]3O[C@H](CO)[C@](O)(C[C@H](CN4C(=O)C=CC4=O)c4ccnc(N)c4)[C@H](O)[C@H]3O)cc(OC)c(CO)c1C2=O. The van der Waals surface area contributed by atoms with Gasteiger partial charge in [-0.3, -0.25) is 29.1 Å². The number of amides is 2. The Bertz CT molecular complexity index is 2260. The van der Waals surface area contributed by atoms with Gasteiger partial charge in [-0.25, -0.2) is 4.98 Å². The third-order valence-electron chi connectivity index (χ3n) is 11.1. The molecule has 20 nitrogen and oxygen atoms in total. The summed E-state index contributed by atoms with van der Waals surface area (Å²) in [4.78, 5) is 62.8. The average Bonchev–Trinajstić information content (AvgIpc) is 3.54. The number of ether oxygens (including phenoxy) is 3. The number of benzene rings is 2. The van der Waals surface area contributed by atoms with Crippen LogP contribution in [0.15, 0.2) is 47.6 Å². The number of aryl methyl sites for hydroxylation is 1. The zero-order valence-electron chi connectivity index (χ0n) is 32.7. The Balaban J connectivity index is 1.40. The van der Waals surface area contributed by atoms with Crippen LogP contribution < -0.4 is 26.3 Å². The van der Waals surface area contributed by atoms with E-state index in [2.05, 4.69) is 15.3 Å². The third kappa shape index (κ3) is 7.65. The van der Waals surface area contributed by atoms with E-state index in [9.17, 15) is 54.9 Å². The minimum absolute atomic E-state index is 0.00300. The number of carbonyl (C=O) groups excluding carboxylic acids is 4. The Kier molecular flexibility index (Phi) is 12.6. The number of aliphatic imine (C=N–C) groups is 1. The molecule has 3 heterocycles. The fourth-order valence-corrected chi connectivity index (χ4v) is 8.07. The number of phenols is 1. The number of anilines is 1. The molecule has 2 amide bonds. The molecule has 0 unspecified atom stereocenters. The van der Waals surface area contributed by atoms with Crippen molar-refractivity contribution in [1.82, 2.24) is 15.2 Å². The van der Waals surface area contributed by atoms with Gasteiger partial charge in [-0.1, -0.05) is 0 Å². The highest BCUT2D eigenvalue weighted by Gasteiger charge is 2.57. The van der Waals surface area contributed by atoms with Crippen LogP contribution in [0.25, 0.3) is 0 Å². The molecule has 2 aromatic carbocycles. The predicted molar refractivity (Wildman–Crippen MR) is 209 cm³/mol. The summed E-state index contributed by atoms with van der Waals surface area (Å²) in [5.74, 6) is -5.22. The number of carbonyl (C=O) groups is 4. The Labute approximate surface area is 342 Å². The van der Waals surface area contributed by atoms with Crippen molar-refractivity contribution < 1.29 is 69.1 Å². The van der Waals surface area contributed by atoms with E-state index in [0.717, 1.165) is 23.1 Å². The summed E-state index contributed by atoms with van der Waals surface area (Å²) in [5.41, 5.74) is 8.53. The second kappa shape index (κ2) is 17.3. The van der Waals surface area contributed by atoms with Gasteiger partial charge in [-0.2, -0.15) is 0 Å². The average molecular weight is 835 g/mol. The zero-order chi connectivity index (χ0) is 43.8. The molecule has 6 rings (SSSR count). The normalized spacial score (nSPS) is 23.7. The number of aliphatic hydroxyl groups excluding tert-OH is 5. The number of hydrogen-bond donors (Lipinski definition) is 10. The number of nitrogens with one attached hydrogen (secondary N) is 1. The van der Waals surface area contributed by atoms with Crippen LogP contribution in [0.5, 0.6) is 17.2 Å². The van der Waals surface area contributed by atoms with Crippen molar-refractivity contribution in [2.24, 2.45) is 10.7 Å². The van der Waals surface area contributed by atoms with Gasteiger partial charge in [0.1, 0.15) is 47.0 Å². The third-order valence-corrected chi connectivity index (χ3v) is 11.1. The maximum absolute atomic E-state index is 14.6. The molecule has 3 aromatic rings. The number of hydrogen-bond acceptors (Lipinski definition) is 17. The molecule has 0 radical (unpaired) electrons. The fraction of sp³-hybridized carbons (Fsp3) is 0.400. The van der Waals surface area contributed by atoms with E-state index in [4.69, 9.17) is 25.7 Å². The highest BCUT2D eigenvalue weighted by Crippen LogP contribution is 2.47. The van der Waals surface area contributed by atoms with Crippen molar-refractivity contribution in [2.75, 3.05) is 39.6 Å². The first-order chi connectivity index (χ1) is 28.5. The molecule has 7 atom stereocenters. The summed E-state index contributed by atoms with van der Waals surface area (Å²) < 4.78 is 17.4. The summed E-state index contributed by atoms with van der Waals surface area (Å²) in [7, 11) is 2.64. The van der Waals surface area contributed by atoms with Crippen molar-refractivity contribution in [3.05, 3.63) is 87.1 Å². The standard InChI is InChI=1S/C40H46N6O14/c1-17-10-20-31(34(53)29(17)22(7-9-47)45-39(42)43-2)35(54)32-24(12-23(58-3)21(15-48)30(32)33(20)52)59-38-36(55)37(56)40(57,25(16-49)60-38)13-19(18-6-8-44-26(41)11-18)14-46-27(50)4-5-28(46)51/h4-6,8,10-12,19,22,25,36-38,47-49,53,55-57H,7,9,13-16H2,1-3H3,(H2,41,44)(H3,42,43,45)/t19-,22+,25-,36-,37-,38-,40-/m1/s1. The van der Waals surface area contributed by atoms with Gasteiger partial charge in [0.05, 0.1) is 37.5 Å². The van der Waals surface area contributed by atoms with E-state index in [1.165, 1.54) is 38.6 Å². The number of phenolic OH excluding ortho intramolecular Hbond substituents is 1. The van der Waals surface area contributed by atoms with Gasteiger partial charge in [0.15, 0.2) is 11.7 Å². The lowest BCUT2D eigenvalue weighted by Gasteiger charge is -2.49. The molecule has 0 spiro atoms. The first-order valence-corrected chi connectivity index (χ1v) is 18.7. The molecule has 1 fully saturated rings. The summed E-state index contributed by atoms with van der Waals surface area (Å²) in [5, 5.41) is 80.8. The first-order valence-electron chi connectivity index (χ1n) is 18.7. The van der Waals surface area contributed by atoms with Crippen molar-refractivity contribution in [2.45, 2.75) is 68.5 Å². The summed E-state index contributed by atoms with van der Waals surface area (Å²) >= 11 is 0. The Morgan fingerprint density at radius 3 is 2.35 bits per heavy atom. The molecular formula is C40H46N6O14. The van der Waals surface area contributed by atoms with Crippen LogP contribution in [0.1, 0.15) is 78.9 Å². The van der Waals surface area contributed by atoms with Crippen molar-refractivity contribution in [1.29, 1.82) is 0 Å². The van der Waals surface area contributed by atoms with Crippen LogP contribution in [-0.4, -0.2) is 139 Å². The lowest BCUT2D eigenvalue weighted by atomic mass is 9.75. The van der Waals surface area contributed by atoms with Crippen molar-refractivity contribution >= 4 is 35.2 Å². The fourth-order valence-electron chi connectivity index (χ4n) is 8.07. The summed E-state index contributed by atoms with van der Waals surface area (Å²) in [6.07, 6.45) is -5.04. The van der Waals surface area contributed by atoms with E-state index < -0.39 is 108 Å². The largest absolute Gasteiger partial charge is 0.507 e. The van der Waals surface area contributed by atoms with Crippen LogP contribution in [0.4, 0.5) is 5.82 Å². The summed E-state index contributed by atoms with van der Waals surface area (Å²) in [6.45, 7) is -0.883. The van der Waals surface area contributed by atoms with Gasteiger partial charge >= 0.3 is 0 Å². The number of ketones is 2. The van der Waals surface area contributed by atoms with Gasteiger partial charge in [-0.05, 0) is 49.1 Å². The Morgan fingerprint density at radius 2 is 1.75 bits per heavy atom. The van der Waals surface area contributed by atoms with Crippen molar-refractivity contribution in [3.8, 4) is 17.2 Å². The molecule has 1 aliphatic carbocycles. The predicted octanol–water partition coefficient (Wildman–Crippen LogP) is -1.44. The van der Waals surface area contributed by atoms with Crippen molar-refractivity contribution in [3.63, 3.8) is 0 Å². The smallest absolute Gasteiger partial charge is 0.253 e. The number of rotatable bonds is 14. The molecule has 0 bridgehead atoms. The molecule has 12 N–H and O–H groups in total. The van der Waals surface area contributed by atoms with Gasteiger partial charge in [0.2, 0.25) is 12.1 Å². The first kappa shape index (κ1) is 43.6. The van der Waals surface area contributed by atoms with E-state index >= 15 is 0 Å². The van der Waals surface area contributed by atoms with Crippen LogP contribution in [-0.2, 0) is 20.9 Å². The molecule has 0 saturated carbocycles. The number of nitrogens with two attached hydrogens (primary N) is 2. The molecule has 1 aromatic heterocycles. The van der Waals surface area contributed by atoms with Gasteiger partial charge in [0.25, 0.3) is 11.8 Å². The maximum Gasteiger partial charge on any atom is 0.253 e. The number of fused-ring (bicyclic) bond motifs is 2. The topological polar surface area (TPSA) is 330 Å². The second-order valence-corrected chi connectivity index (χ2v) is 14.6. The number of aromatic hydroxyl groups is 1. The monoisotopic (exact) mass is 834 g/mol. The lowest BCUT2D eigenvalue weighted by molar-refractivity contribution is -0.315. The van der Waals surface area contributed by atoms with Crippen LogP contribution >= 0.6 is 0 Å². The van der Waals surface area contributed by atoms with E-state index in [1.807, 2.05) is 0 Å². The number of nitrogen functional groups attached to an aromatic ring is 1. The van der Waals surface area contributed by atoms with E-state index in [-0.39, 0.29) is 59.4 Å². The molecule has 2 aliphatic heterocycles. The second-order valence-electron chi connectivity index (χ2n) is 14.6. The quantitative estimate of drug-likeness (QED) is 0.0395. The van der Waals surface area contributed by atoms with Gasteiger partial charge in [-0.15, -0.1) is 0 Å². The minimum atomic E-state index is -2.50.